The van der Waals surface area contributed by atoms with Gasteiger partial charge in [-0.2, -0.15) is 0 Å². The predicted octanol–water partition coefficient (Wildman–Crippen LogP) is 0.175. The molecule has 1 aromatic rings. The Labute approximate surface area is 59.0 Å². The summed E-state index contributed by atoms with van der Waals surface area (Å²) in [6, 6.07) is 0. The van der Waals surface area contributed by atoms with Crippen LogP contribution in [0.4, 0.5) is 0 Å². The first-order valence-corrected chi connectivity index (χ1v) is 2.91. The maximum atomic E-state index is 4.87. The molecule has 0 atom stereocenters. The molecule has 0 spiro atoms. The molecule has 4 heteroatoms. The zero-order valence-corrected chi connectivity index (χ0v) is 5.74. The number of aryl methyl sites for hydroxylation is 1. The molecule has 0 fully saturated rings. The van der Waals surface area contributed by atoms with Crippen LogP contribution in [0.2, 0.25) is 0 Å². The maximum Gasteiger partial charge on any atom is 0.115 e. The monoisotopic (exact) mass is 139 g/mol. The van der Waals surface area contributed by atoms with Gasteiger partial charge in [-0.05, 0) is 6.92 Å². The molecule has 1 heterocycles. The Kier molecular flexibility index (Phi) is 2.30. The van der Waals surface area contributed by atoms with E-state index in [1.807, 2.05) is 6.92 Å². The lowest BCUT2D eigenvalue weighted by molar-refractivity contribution is 0.123. The third kappa shape index (κ3) is 1.49. The first-order valence-electron chi connectivity index (χ1n) is 2.91. The smallest absolute Gasteiger partial charge is 0.115 e. The SMILES string of the molecule is Cc1ncncc1CON. The van der Waals surface area contributed by atoms with Gasteiger partial charge in [0.1, 0.15) is 6.33 Å². The van der Waals surface area contributed by atoms with E-state index in [1.54, 1.807) is 6.20 Å². The van der Waals surface area contributed by atoms with Crippen molar-refractivity contribution in [2.75, 3.05) is 0 Å². The highest BCUT2D eigenvalue weighted by Gasteiger charge is 1.96. The van der Waals surface area contributed by atoms with Crippen LogP contribution in [-0.4, -0.2) is 9.97 Å². The van der Waals surface area contributed by atoms with Crippen LogP contribution >= 0.6 is 0 Å². The van der Waals surface area contributed by atoms with E-state index in [0.29, 0.717) is 6.61 Å². The molecule has 0 aromatic carbocycles. The maximum absolute atomic E-state index is 4.87. The standard InChI is InChI=1S/C6H9N3O/c1-5-6(3-10-7)2-8-4-9-5/h2,4H,3,7H2,1H3. The Morgan fingerprint density at radius 2 is 2.50 bits per heavy atom. The third-order valence-electron chi connectivity index (χ3n) is 1.25. The van der Waals surface area contributed by atoms with Gasteiger partial charge in [0.05, 0.1) is 6.61 Å². The van der Waals surface area contributed by atoms with Gasteiger partial charge in [-0.3, -0.25) is 4.84 Å². The molecular weight excluding hydrogens is 130 g/mol. The topological polar surface area (TPSA) is 61.0 Å². The molecule has 0 radical (unpaired) electrons. The molecule has 1 rings (SSSR count). The van der Waals surface area contributed by atoms with Crippen LogP contribution in [0.3, 0.4) is 0 Å². The summed E-state index contributed by atoms with van der Waals surface area (Å²) in [6.45, 7) is 2.25. The van der Waals surface area contributed by atoms with Crippen molar-refractivity contribution < 1.29 is 4.84 Å². The van der Waals surface area contributed by atoms with E-state index in [2.05, 4.69) is 14.8 Å². The average Bonchev–Trinajstić information content (AvgIpc) is 1.94. The van der Waals surface area contributed by atoms with Crippen LogP contribution in [0.5, 0.6) is 0 Å². The summed E-state index contributed by atoms with van der Waals surface area (Å²) >= 11 is 0. The molecule has 0 aliphatic rings. The molecule has 0 amide bonds. The van der Waals surface area contributed by atoms with Crippen molar-refractivity contribution in [2.24, 2.45) is 5.90 Å². The fraction of sp³-hybridized carbons (Fsp3) is 0.333. The first kappa shape index (κ1) is 7.11. The second-order valence-electron chi connectivity index (χ2n) is 1.94. The normalized spacial score (nSPS) is 9.80. The molecule has 0 saturated heterocycles. The van der Waals surface area contributed by atoms with Crippen LogP contribution in [0.1, 0.15) is 11.3 Å². The summed E-state index contributed by atoms with van der Waals surface area (Å²) in [6.07, 6.45) is 3.19. The van der Waals surface area contributed by atoms with Gasteiger partial charge < -0.3 is 0 Å². The lowest BCUT2D eigenvalue weighted by Gasteiger charge is -1.99. The van der Waals surface area contributed by atoms with Crippen molar-refractivity contribution in [3.8, 4) is 0 Å². The number of nitrogens with zero attached hydrogens (tertiary/aromatic N) is 2. The second-order valence-corrected chi connectivity index (χ2v) is 1.94. The van der Waals surface area contributed by atoms with Crippen molar-refractivity contribution in [2.45, 2.75) is 13.5 Å². The first-order chi connectivity index (χ1) is 4.84. The number of hydrogen-bond donors (Lipinski definition) is 1. The number of rotatable bonds is 2. The lowest BCUT2D eigenvalue weighted by atomic mass is 10.3. The summed E-state index contributed by atoms with van der Waals surface area (Å²) in [5.74, 6) is 4.87. The summed E-state index contributed by atoms with van der Waals surface area (Å²) in [5, 5.41) is 0. The Balaban J connectivity index is 2.81. The summed E-state index contributed by atoms with van der Waals surface area (Å²) in [7, 11) is 0. The van der Waals surface area contributed by atoms with Crippen LogP contribution in [0, 0.1) is 6.92 Å². The minimum absolute atomic E-state index is 0.368. The van der Waals surface area contributed by atoms with Crippen molar-refractivity contribution in [3.05, 3.63) is 23.8 Å². The highest BCUT2D eigenvalue weighted by Crippen LogP contribution is 2.00. The van der Waals surface area contributed by atoms with Crippen molar-refractivity contribution >= 4 is 0 Å². The average molecular weight is 139 g/mol. The quantitative estimate of drug-likeness (QED) is 0.593. The fourth-order valence-electron chi connectivity index (χ4n) is 0.651. The van der Waals surface area contributed by atoms with Gasteiger partial charge in [0, 0.05) is 17.5 Å². The molecule has 54 valence electrons. The van der Waals surface area contributed by atoms with Gasteiger partial charge in [-0.25, -0.2) is 15.9 Å². The number of hydrogen-bond acceptors (Lipinski definition) is 4. The van der Waals surface area contributed by atoms with Gasteiger partial charge >= 0.3 is 0 Å². The predicted molar refractivity (Wildman–Crippen MR) is 35.7 cm³/mol. The van der Waals surface area contributed by atoms with E-state index in [1.165, 1.54) is 6.33 Å². The van der Waals surface area contributed by atoms with E-state index in [-0.39, 0.29) is 0 Å². The summed E-state index contributed by atoms with van der Waals surface area (Å²) in [5.41, 5.74) is 1.82. The third-order valence-corrected chi connectivity index (χ3v) is 1.25. The molecule has 10 heavy (non-hydrogen) atoms. The lowest BCUT2D eigenvalue weighted by Crippen LogP contribution is -2.02. The van der Waals surface area contributed by atoms with Crippen molar-refractivity contribution in [1.29, 1.82) is 0 Å². The zero-order chi connectivity index (χ0) is 7.40. The van der Waals surface area contributed by atoms with Crippen LogP contribution in [0.25, 0.3) is 0 Å². The van der Waals surface area contributed by atoms with Crippen LogP contribution in [0.15, 0.2) is 12.5 Å². The Morgan fingerprint density at radius 1 is 1.70 bits per heavy atom. The molecule has 2 N–H and O–H groups in total. The molecule has 0 unspecified atom stereocenters. The second kappa shape index (κ2) is 3.24. The Bertz CT molecular complexity index is 214. The molecule has 0 aliphatic carbocycles. The van der Waals surface area contributed by atoms with Crippen molar-refractivity contribution in [1.82, 2.24) is 9.97 Å². The highest BCUT2D eigenvalue weighted by atomic mass is 16.6. The van der Waals surface area contributed by atoms with Gasteiger partial charge in [0.15, 0.2) is 0 Å². The Morgan fingerprint density at radius 3 is 3.10 bits per heavy atom. The highest BCUT2D eigenvalue weighted by molar-refractivity contribution is 5.12. The van der Waals surface area contributed by atoms with Crippen LogP contribution in [-0.2, 0) is 11.4 Å². The van der Waals surface area contributed by atoms with E-state index in [4.69, 9.17) is 5.90 Å². The van der Waals surface area contributed by atoms with Crippen molar-refractivity contribution in [3.63, 3.8) is 0 Å². The molecule has 1 aromatic heterocycles. The molecule has 0 saturated carbocycles. The largest absolute Gasteiger partial charge is 0.300 e. The fourth-order valence-corrected chi connectivity index (χ4v) is 0.651. The van der Waals surface area contributed by atoms with Gasteiger partial charge in [-0.15, -0.1) is 0 Å². The molecule has 0 aliphatic heterocycles. The summed E-state index contributed by atoms with van der Waals surface area (Å²) in [4.78, 5) is 12.2. The minimum atomic E-state index is 0.368. The van der Waals surface area contributed by atoms with E-state index in [9.17, 15) is 0 Å². The van der Waals surface area contributed by atoms with E-state index < -0.39 is 0 Å². The Hall–Kier alpha value is -1.00. The molecule has 0 bridgehead atoms. The van der Waals surface area contributed by atoms with E-state index in [0.717, 1.165) is 11.3 Å². The van der Waals surface area contributed by atoms with Gasteiger partial charge in [0.2, 0.25) is 0 Å². The molecular formula is C6H9N3O. The van der Waals surface area contributed by atoms with Crippen LogP contribution < -0.4 is 5.90 Å². The van der Waals surface area contributed by atoms with Gasteiger partial charge in [-0.1, -0.05) is 0 Å². The zero-order valence-electron chi connectivity index (χ0n) is 5.74. The van der Waals surface area contributed by atoms with E-state index >= 15 is 0 Å². The number of nitrogens with two attached hydrogens (primary N) is 1. The number of aromatic nitrogens is 2. The van der Waals surface area contributed by atoms with Gasteiger partial charge in [0.25, 0.3) is 0 Å². The molecule has 4 nitrogen and oxygen atoms in total. The summed E-state index contributed by atoms with van der Waals surface area (Å²) < 4.78 is 0. The minimum Gasteiger partial charge on any atom is -0.300 e.